The summed E-state index contributed by atoms with van der Waals surface area (Å²) in [7, 11) is 1.69. The highest BCUT2D eigenvalue weighted by atomic mass is 16.4. The molecule has 0 aliphatic heterocycles. The number of para-hydroxylation sites is 1. The molecule has 23 heavy (non-hydrogen) atoms. The number of aryl methyl sites for hydroxylation is 2. The van der Waals surface area contributed by atoms with Crippen molar-refractivity contribution in [1.29, 1.82) is 0 Å². The fourth-order valence-corrected chi connectivity index (χ4v) is 2.25. The van der Waals surface area contributed by atoms with Crippen molar-refractivity contribution in [1.82, 2.24) is 10.2 Å². The number of anilines is 1. The molecule has 0 aliphatic carbocycles. The Labute approximate surface area is 134 Å². The van der Waals surface area contributed by atoms with Crippen LogP contribution in [0.25, 0.3) is 0 Å². The summed E-state index contributed by atoms with van der Waals surface area (Å²) in [5.41, 5.74) is 1.97. The molecule has 1 amide bonds. The topological polar surface area (TPSA) is 59.2 Å². The van der Waals surface area contributed by atoms with Crippen molar-refractivity contribution in [3.63, 3.8) is 0 Å². The monoisotopic (exact) mass is 307 g/mol. The number of carbonyl (C=O) groups excluding carboxylic acids is 1. The van der Waals surface area contributed by atoms with Crippen molar-refractivity contribution in [2.24, 2.45) is 0 Å². The van der Waals surface area contributed by atoms with E-state index in [2.05, 4.69) is 10.2 Å². The van der Waals surface area contributed by atoms with Gasteiger partial charge in [-0.2, -0.15) is 0 Å². The first-order valence-corrected chi connectivity index (χ1v) is 7.43. The van der Waals surface area contributed by atoms with Crippen LogP contribution < -0.4 is 4.90 Å². The number of carbonyl (C=O) groups is 1. The van der Waals surface area contributed by atoms with Crippen molar-refractivity contribution < 1.29 is 9.21 Å². The zero-order valence-electron chi connectivity index (χ0n) is 12.8. The third kappa shape index (κ3) is 3.63. The van der Waals surface area contributed by atoms with Gasteiger partial charge in [0.2, 0.25) is 5.89 Å². The summed E-state index contributed by atoms with van der Waals surface area (Å²) >= 11 is 0. The average Bonchev–Trinajstić information content (AvgIpc) is 3.09. The summed E-state index contributed by atoms with van der Waals surface area (Å²) in [6, 6.07) is 19.4. The molecule has 3 aromatic rings. The Morgan fingerprint density at radius 1 is 0.957 bits per heavy atom. The van der Waals surface area contributed by atoms with Gasteiger partial charge in [0.1, 0.15) is 0 Å². The predicted octanol–water partition coefficient (Wildman–Crippen LogP) is 3.13. The summed E-state index contributed by atoms with van der Waals surface area (Å²) in [5, 5.41) is 7.83. The maximum Gasteiger partial charge on any atom is 0.315 e. The van der Waals surface area contributed by atoms with Crippen molar-refractivity contribution in [3.05, 3.63) is 78.0 Å². The van der Waals surface area contributed by atoms with E-state index in [1.54, 1.807) is 7.05 Å². The lowest BCUT2D eigenvalue weighted by Gasteiger charge is -2.14. The Balaban J connectivity index is 1.65. The van der Waals surface area contributed by atoms with Gasteiger partial charge in [0, 0.05) is 19.2 Å². The second-order valence-corrected chi connectivity index (χ2v) is 5.19. The lowest BCUT2D eigenvalue weighted by atomic mass is 10.1. The molecule has 0 bridgehead atoms. The molecule has 0 fully saturated rings. The van der Waals surface area contributed by atoms with Gasteiger partial charge in [-0.05, 0) is 24.1 Å². The second-order valence-electron chi connectivity index (χ2n) is 5.19. The molecule has 1 heterocycles. The molecular formula is C18H17N3O2. The van der Waals surface area contributed by atoms with Crippen LogP contribution in [0.3, 0.4) is 0 Å². The van der Waals surface area contributed by atoms with Crippen LogP contribution >= 0.6 is 0 Å². The molecule has 0 atom stereocenters. The highest BCUT2D eigenvalue weighted by Crippen LogP contribution is 2.15. The van der Waals surface area contributed by atoms with E-state index in [-0.39, 0.29) is 11.8 Å². The van der Waals surface area contributed by atoms with E-state index < -0.39 is 0 Å². The van der Waals surface area contributed by atoms with Gasteiger partial charge < -0.3 is 9.32 Å². The standard InChI is InChI=1S/C18H17N3O2/c1-21(15-10-6-3-7-11-15)18(22)17-20-19-16(23-17)13-12-14-8-4-2-5-9-14/h2-11H,12-13H2,1H3. The summed E-state index contributed by atoms with van der Waals surface area (Å²) < 4.78 is 5.50. The summed E-state index contributed by atoms with van der Waals surface area (Å²) in [4.78, 5) is 13.9. The quantitative estimate of drug-likeness (QED) is 0.726. The minimum Gasteiger partial charge on any atom is -0.417 e. The molecule has 0 N–H and O–H groups in total. The maximum absolute atomic E-state index is 12.4. The van der Waals surface area contributed by atoms with Gasteiger partial charge in [0.05, 0.1) is 0 Å². The number of amides is 1. The second kappa shape index (κ2) is 6.87. The Morgan fingerprint density at radius 3 is 2.30 bits per heavy atom. The van der Waals surface area contributed by atoms with Crippen LogP contribution in [-0.4, -0.2) is 23.2 Å². The number of nitrogens with zero attached hydrogens (tertiary/aromatic N) is 3. The normalized spacial score (nSPS) is 10.5. The SMILES string of the molecule is CN(C(=O)c1nnc(CCc2ccccc2)o1)c1ccccc1. The Hall–Kier alpha value is -2.95. The minimum atomic E-state index is -0.310. The van der Waals surface area contributed by atoms with E-state index >= 15 is 0 Å². The first-order valence-electron chi connectivity index (χ1n) is 7.43. The van der Waals surface area contributed by atoms with Crippen molar-refractivity contribution in [2.75, 3.05) is 11.9 Å². The van der Waals surface area contributed by atoms with E-state index in [9.17, 15) is 4.79 Å². The zero-order valence-corrected chi connectivity index (χ0v) is 12.8. The average molecular weight is 307 g/mol. The molecule has 1 aromatic heterocycles. The smallest absolute Gasteiger partial charge is 0.315 e. The van der Waals surface area contributed by atoms with Gasteiger partial charge in [0.15, 0.2) is 0 Å². The van der Waals surface area contributed by atoms with Crippen molar-refractivity contribution in [3.8, 4) is 0 Å². The predicted molar refractivity (Wildman–Crippen MR) is 87.3 cm³/mol. The van der Waals surface area contributed by atoms with Gasteiger partial charge in [-0.3, -0.25) is 4.79 Å². The molecule has 5 nitrogen and oxygen atoms in total. The Kier molecular flexibility index (Phi) is 4.47. The lowest BCUT2D eigenvalue weighted by Crippen LogP contribution is -2.26. The van der Waals surface area contributed by atoms with Gasteiger partial charge in [-0.25, -0.2) is 0 Å². The molecule has 0 spiro atoms. The van der Waals surface area contributed by atoms with Crippen LogP contribution in [0.4, 0.5) is 5.69 Å². The molecule has 0 radical (unpaired) electrons. The highest BCUT2D eigenvalue weighted by Gasteiger charge is 2.20. The molecule has 0 saturated heterocycles. The fourth-order valence-electron chi connectivity index (χ4n) is 2.25. The number of hydrogen-bond donors (Lipinski definition) is 0. The van der Waals surface area contributed by atoms with E-state index in [0.717, 1.165) is 12.1 Å². The highest BCUT2D eigenvalue weighted by molar-refractivity contribution is 6.02. The number of hydrogen-bond acceptors (Lipinski definition) is 4. The first-order chi connectivity index (χ1) is 11.2. The summed E-state index contributed by atoms with van der Waals surface area (Å²) in [6.07, 6.45) is 1.41. The molecule has 0 unspecified atom stereocenters. The third-order valence-corrected chi connectivity index (χ3v) is 3.57. The van der Waals surface area contributed by atoms with Crippen LogP contribution in [0.1, 0.15) is 22.1 Å². The van der Waals surface area contributed by atoms with Crippen LogP contribution in [0, 0.1) is 0 Å². The molecule has 116 valence electrons. The molecule has 5 heteroatoms. The number of aromatic nitrogens is 2. The van der Waals surface area contributed by atoms with Gasteiger partial charge >= 0.3 is 11.8 Å². The largest absolute Gasteiger partial charge is 0.417 e. The Morgan fingerprint density at radius 2 is 1.61 bits per heavy atom. The van der Waals surface area contributed by atoms with Crippen LogP contribution in [0.5, 0.6) is 0 Å². The minimum absolute atomic E-state index is 0.0133. The molecule has 0 saturated carbocycles. The first kappa shape index (κ1) is 15.0. The van der Waals surface area contributed by atoms with E-state index in [0.29, 0.717) is 12.3 Å². The zero-order chi connectivity index (χ0) is 16.1. The van der Waals surface area contributed by atoms with Gasteiger partial charge in [0.25, 0.3) is 0 Å². The lowest BCUT2D eigenvalue weighted by molar-refractivity contribution is 0.0958. The van der Waals surface area contributed by atoms with Crippen molar-refractivity contribution >= 4 is 11.6 Å². The van der Waals surface area contributed by atoms with Crippen LogP contribution in [0.2, 0.25) is 0 Å². The number of benzene rings is 2. The number of rotatable bonds is 5. The third-order valence-electron chi connectivity index (χ3n) is 3.57. The molecule has 3 rings (SSSR count). The van der Waals surface area contributed by atoms with E-state index in [1.807, 2.05) is 60.7 Å². The van der Waals surface area contributed by atoms with Crippen LogP contribution in [-0.2, 0) is 12.8 Å². The van der Waals surface area contributed by atoms with Gasteiger partial charge in [-0.15, -0.1) is 10.2 Å². The molecule has 0 aliphatic rings. The molecular weight excluding hydrogens is 290 g/mol. The summed E-state index contributed by atoms with van der Waals surface area (Å²) in [6.45, 7) is 0. The maximum atomic E-state index is 12.4. The van der Waals surface area contributed by atoms with E-state index in [1.165, 1.54) is 10.5 Å². The summed E-state index contributed by atoms with van der Waals surface area (Å²) in [5.74, 6) is 0.174. The van der Waals surface area contributed by atoms with Gasteiger partial charge in [-0.1, -0.05) is 48.5 Å². The van der Waals surface area contributed by atoms with Crippen LogP contribution in [0.15, 0.2) is 65.1 Å². The van der Waals surface area contributed by atoms with E-state index in [4.69, 9.17) is 4.42 Å². The Bertz CT molecular complexity index is 769. The van der Waals surface area contributed by atoms with Crippen molar-refractivity contribution in [2.45, 2.75) is 12.8 Å². The fraction of sp³-hybridized carbons (Fsp3) is 0.167. The molecule has 2 aromatic carbocycles.